The lowest BCUT2D eigenvalue weighted by Gasteiger charge is -2.15. The molecule has 13 nitrogen and oxygen atoms in total. The van der Waals surface area contributed by atoms with Crippen molar-refractivity contribution in [1.29, 1.82) is 0 Å². The number of ether oxygens (including phenoxy) is 7. The van der Waals surface area contributed by atoms with Gasteiger partial charge in [0, 0.05) is 12.2 Å². The smallest absolute Gasteiger partial charge is 0.352 e. The van der Waals surface area contributed by atoms with Crippen LogP contribution in [-0.4, -0.2) is 48.0 Å². The molecule has 0 aliphatic rings. The van der Waals surface area contributed by atoms with Gasteiger partial charge in [0.05, 0.1) is 11.1 Å². The van der Waals surface area contributed by atoms with E-state index in [0.29, 0.717) is 37.2 Å². The molecule has 0 saturated heterocycles. The fourth-order valence-corrected chi connectivity index (χ4v) is 4.91. The van der Waals surface area contributed by atoms with Crippen molar-refractivity contribution in [3.05, 3.63) is 133 Å². The highest BCUT2D eigenvalue weighted by atomic mass is 16.6. The van der Waals surface area contributed by atoms with Crippen molar-refractivity contribution in [2.45, 2.75) is 64.6 Å². The van der Waals surface area contributed by atoms with E-state index in [1.54, 1.807) is 48.5 Å². The average molecular weight is 779 g/mol. The molecule has 0 bridgehead atoms. The Hall–Kier alpha value is -7.02. The van der Waals surface area contributed by atoms with E-state index in [4.69, 9.17) is 33.2 Å². The van der Waals surface area contributed by atoms with Crippen LogP contribution in [-0.2, 0) is 28.7 Å². The Morgan fingerprint density at radius 1 is 0.474 bits per heavy atom. The maximum absolute atomic E-state index is 12.7. The monoisotopic (exact) mass is 778 g/mol. The van der Waals surface area contributed by atoms with Crippen LogP contribution in [0.2, 0.25) is 0 Å². The molecule has 0 heterocycles. The minimum absolute atomic E-state index is 0.163. The Morgan fingerprint density at radius 2 is 0.772 bits per heavy atom. The second-order valence-corrected chi connectivity index (χ2v) is 12.3. The molecular weight excluding hydrogens is 736 g/mol. The Balaban J connectivity index is 1.25. The van der Waals surface area contributed by atoms with E-state index in [0.717, 1.165) is 25.0 Å². The number of unbranched alkanes of at least 4 members (excludes halogenated alkanes) is 2. The minimum atomic E-state index is -1.08. The zero-order valence-corrected chi connectivity index (χ0v) is 31.5. The number of esters is 6. The van der Waals surface area contributed by atoms with Gasteiger partial charge in [0.2, 0.25) is 0 Å². The normalized spacial score (nSPS) is 11.5. The Kier molecular flexibility index (Phi) is 16.3. The summed E-state index contributed by atoms with van der Waals surface area (Å²) in [5.41, 5.74) is 0.409. The average Bonchev–Trinajstić information content (AvgIpc) is 3.22. The van der Waals surface area contributed by atoms with E-state index >= 15 is 0 Å². The Morgan fingerprint density at radius 3 is 1.09 bits per heavy atom. The second-order valence-electron chi connectivity index (χ2n) is 12.3. The van der Waals surface area contributed by atoms with Gasteiger partial charge in [-0.25, -0.2) is 28.8 Å². The third-order valence-electron chi connectivity index (χ3n) is 7.94. The van der Waals surface area contributed by atoms with Crippen LogP contribution < -0.4 is 23.7 Å². The lowest BCUT2D eigenvalue weighted by molar-refractivity contribution is -0.159. The van der Waals surface area contributed by atoms with Gasteiger partial charge < -0.3 is 33.2 Å². The Labute approximate surface area is 329 Å². The van der Waals surface area contributed by atoms with Crippen molar-refractivity contribution in [3.8, 4) is 34.5 Å². The van der Waals surface area contributed by atoms with Gasteiger partial charge in [0.15, 0.2) is 12.2 Å². The summed E-state index contributed by atoms with van der Waals surface area (Å²) in [5, 5.41) is 0. The topological polar surface area (TPSA) is 167 Å². The zero-order chi connectivity index (χ0) is 41.2. The molecule has 0 N–H and O–H groups in total. The highest BCUT2D eigenvalue weighted by molar-refractivity contribution is 5.92. The van der Waals surface area contributed by atoms with E-state index in [-0.39, 0.29) is 34.1 Å². The van der Waals surface area contributed by atoms with Gasteiger partial charge in [-0.2, -0.15) is 0 Å². The summed E-state index contributed by atoms with van der Waals surface area (Å²) >= 11 is 0. The predicted octanol–water partition coefficient (Wildman–Crippen LogP) is 8.30. The molecule has 0 aliphatic heterocycles. The third-order valence-corrected chi connectivity index (χ3v) is 7.94. The number of benzene rings is 4. The van der Waals surface area contributed by atoms with Crippen LogP contribution in [0.1, 0.15) is 73.1 Å². The van der Waals surface area contributed by atoms with Crippen molar-refractivity contribution in [2.75, 3.05) is 0 Å². The van der Waals surface area contributed by atoms with E-state index < -0.39 is 48.0 Å². The molecule has 0 fully saturated rings. The van der Waals surface area contributed by atoms with Crippen LogP contribution >= 0.6 is 0 Å². The summed E-state index contributed by atoms with van der Waals surface area (Å²) in [5.74, 6) is -2.50. The molecule has 296 valence electrons. The van der Waals surface area contributed by atoms with E-state index in [9.17, 15) is 28.8 Å². The Bertz CT molecular complexity index is 1870. The van der Waals surface area contributed by atoms with Gasteiger partial charge in [-0.3, -0.25) is 0 Å². The fraction of sp³-hybridized carbons (Fsp3) is 0.227. The van der Waals surface area contributed by atoms with Crippen molar-refractivity contribution in [3.63, 3.8) is 0 Å². The van der Waals surface area contributed by atoms with E-state index in [1.165, 1.54) is 48.5 Å². The van der Waals surface area contributed by atoms with Gasteiger partial charge in [-0.05, 0) is 123 Å². The van der Waals surface area contributed by atoms with E-state index in [1.807, 2.05) is 13.8 Å². The van der Waals surface area contributed by atoms with Crippen molar-refractivity contribution in [1.82, 2.24) is 0 Å². The van der Waals surface area contributed by atoms with Crippen molar-refractivity contribution in [2.24, 2.45) is 0 Å². The summed E-state index contributed by atoms with van der Waals surface area (Å²) in [6.07, 6.45) is 3.28. The van der Waals surface area contributed by atoms with Crippen LogP contribution in [0.25, 0.3) is 0 Å². The molecule has 0 aliphatic carbocycles. The first-order valence-electron chi connectivity index (χ1n) is 18.1. The largest absolute Gasteiger partial charge is 0.457 e. The summed E-state index contributed by atoms with van der Waals surface area (Å²) in [4.78, 5) is 73.9. The molecule has 4 rings (SSSR count). The first kappa shape index (κ1) is 42.7. The second kappa shape index (κ2) is 21.8. The van der Waals surface area contributed by atoms with Crippen LogP contribution in [0.15, 0.2) is 122 Å². The maximum atomic E-state index is 12.7. The summed E-state index contributed by atoms with van der Waals surface area (Å²) in [6, 6.07) is 24.1. The molecule has 2 unspecified atom stereocenters. The summed E-state index contributed by atoms with van der Waals surface area (Å²) in [7, 11) is 0. The van der Waals surface area contributed by atoms with Gasteiger partial charge in [-0.15, -0.1) is 0 Å². The molecule has 0 spiro atoms. The first-order chi connectivity index (χ1) is 27.5. The molecule has 2 atom stereocenters. The first-order valence-corrected chi connectivity index (χ1v) is 18.1. The third kappa shape index (κ3) is 13.7. The maximum Gasteiger partial charge on any atom is 0.352 e. The fourth-order valence-electron chi connectivity index (χ4n) is 4.91. The van der Waals surface area contributed by atoms with Gasteiger partial charge in [0.25, 0.3) is 0 Å². The number of hydrogen-bond donors (Lipinski definition) is 0. The lowest BCUT2D eigenvalue weighted by atomic mass is 10.1. The molecule has 13 heteroatoms. The number of carbonyl (C=O) groups excluding carboxylic acids is 6. The van der Waals surface area contributed by atoms with Crippen LogP contribution in [0.4, 0.5) is 0 Å². The zero-order valence-electron chi connectivity index (χ0n) is 31.5. The molecular formula is C44H42O13. The number of rotatable bonds is 20. The van der Waals surface area contributed by atoms with Crippen molar-refractivity contribution >= 4 is 35.8 Å². The molecule has 4 aromatic rings. The summed E-state index contributed by atoms with van der Waals surface area (Å²) in [6.45, 7) is 10.6. The predicted molar refractivity (Wildman–Crippen MR) is 206 cm³/mol. The van der Waals surface area contributed by atoms with Crippen LogP contribution in [0, 0.1) is 0 Å². The highest BCUT2D eigenvalue weighted by Gasteiger charge is 2.25. The van der Waals surface area contributed by atoms with Gasteiger partial charge in [0.1, 0.15) is 34.5 Å². The molecule has 0 aromatic heterocycles. The highest BCUT2D eigenvalue weighted by Crippen LogP contribution is 2.27. The molecule has 57 heavy (non-hydrogen) atoms. The van der Waals surface area contributed by atoms with Crippen molar-refractivity contribution < 1.29 is 61.9 Å². The van der Waals surface area contributed by atoms with Gasteiger partial charge >= 0.3 is 35.8 Å². The number of carbonyl (C=O) groups is 6. The quantitative estimate of drug-likeness (QED) is 0.0478. The summed E-state index contributed by atoms with van der Waals surface area (Å²) < 4.78 is 37.7. The van der Waals surface area contributed by atoms with Crippen LogP contribution in [0.5, 0.6) is 34.5 Å². The van der Waals surface area contributed by atoms with E-state index in [2.05, 4.69) is 13.2 Å². The molecule has 0 radical (unpaired) electrons. The molecule has 4 aromatic carbocycles. The minimum Gasteiger partial charge on any atom is -0.457 e. The lowest BCUT2D eigenvalue weighted by Crippen LogP contribution is -2.30. The standard InChI is InChI=1S/C44H42O13/c1-5-9-11-37(56-39(45)7-3)43(49)54-33-17-13-29(14-18-33)41(47)52-35-25-21-31(22-26-35)51-32-23-27-36(28-24-32)53-42(48)30-15-19-34(20-16-30)55-44(50)38(12-10-6-2)57-40(46)8-4/h7-8,13-28,37-38H,3-6,9-12H2,1-2H3. The van der Waals surface area contributed by atoms with Gasteiger partial charge in [-0.1, -0.05) is 39.8 Å². The molecule has 0 amide bonds. The molecule has 0 saturated carbocycles. The SMILES string of the molecule is C=CC(=O)OC(CCCC)C(=O)Oc1ccc(C(=O)Oc2ccc(Oc3ccc(OC(=O)c4ccc(OC(=O)C(CCCC)OC(=O)C=C)cc4)cc3)cc2)cc1. The van der Waals surface area contributed by atoms with Crippen LogP contribution in [0.3, 0.4) is 0 Å². The number of hydrogen-bond acceptors (Lipinski definition) is 13.